The largest absolute Gasteiger partial charge is 0.315 e. The number of nitrogens with one attached hydrogen (secondary N) is 1. The van der Waals surface area contributed by atoms with Gasteiger partial charge in [-0.3, -0.25) is 9.80 Å². The van der Waals surface area contributed by atoms with E-state index in [0.717, 1.165) is 12.0 Å². The first-order valence-corrected chi connectivity index (χ1v) is 8.20. The van der Waals surface area contributed by atoms with E-state index in [0.29, 0.717) is 18.1 Å². The minimum Gasteiger partial charge on any atom is -0.315 e. The van der Waals surface area contributed by atoms with Crippen molar-refractivity contribution < 1.29 is 0 Å². The predicted molar refractivity (Wildman–Crippen MR) is 82.5 cm³/mol. The molecular formula is C16H33N3. The van der Waals surface area contributed by atoms with Crippen molar-refractivity contribution in [3.63, 3.8) is 0 Å². The van der Waals surface area contributed by atoms with Gasteiger partial charge in [-0.05, 0) is 53.1 Å². The molecule has 3 heteroatoms. The van der Waals surface area contributed by atoms with Crippen LogP contribution in [0.1, 0.15) is 46.5 Å². The second-order valence-electron chi connectivity index (χ2n) is 6.87. The van der Waals surface area contributed by atoms with Crippen molar-refractivity contribution >= 4 is 0 Å². The van der Waals surface area contributed by atoms with Gasteiger partial charge in [0.2, 0.25) is 0 Å². The fourth-order valence-corrected chi connectivity index (χ4v) is 4.06. The van der Waals surface area contributed by atoms with Gasteiger partial charge in [0.25, 0.3) is 0 Å². The lowest BCUT2D eigenvalue weighted by Crippen LogP contribution is -2.62. The Balaban J connectivity index is 2.04. The summed E-state index contributed by atoms with van der Waals surface area (Å²) < 4.78 is 0. The van der Waals surface area contributed by atoms with E-state index in [2.05, 4.69) is 50.0 Å². The van der Waals surface area contributed by atoms with Crippen molar-refractivity contribution in [2.45, 2.75) is 70.6 Å². The third-order valence-electron chi connectivity index (χ3n) is 5.73. The maximum atomic E-state index is 3.58. The Hall–Kier alpha value is -0.120. The van der Waals surface area contributed by atoms with Gasteiger partial charge in [0.1, 0.15) is 0 Å². The molecule has 0 radical (unpaired) electrons. The molecular weight excluding hydrogens is 234 g/mol. The van der Waals surface area contributed by atoms with Crippen LogP contribution < -0.4 is 5.32 Å². The summed E-state index contributed by atoms with van der Waals surface area (Å²) in [6.45, 7) is 9.57. The number of likely N-dealkylation sites (N-methyl/N-ethyl adjacent to an activating group) is 2. The molecule has 0 aromatic carbocycles. The summed E-state index contributed by atoms with van der Waals surface area (Å²) in [5, 5.41) is 3.58. The van der Waals surface area contributed by atoms with Crippen molar-refractivity contribution in [1.82, 2.24) is 15.1 Å². The molecule has 2 fully saturated rings. The predicted octanol–water partition coefficient (Wildman–Crippen LogP) is 2.18. The zero-order chi connectivity index (χ0) is 14.0. The fraction of sp³-hybridized carbons (Fsp3) is 1.00. The molecule has 0 spiro atoms. The highest BCUT2D eigenvalue weighted by Gasteiger charge is 2.37. The number of rotatable bonds is 3. The van der Waals surface area contributed by atoms with Crippen molar-refractivity contribution in [1.29, 1.82) is 0 Å². The summed E-state index contributed by atoms with van der Waals surface area (Å²) >= 11 is 0. The maximum absolute atomic E-state index is 3.58. The van der Waals surface area contributed by atoms with Crippen LogP contribution in [0.5, 0.6) is 0 Å². The standard InChI is InChI=1S/C16H33N3/c1-6-14-7-8-15(17-4)16(9-14)19-10-12(2)18(5)13(3)11-19/h12-17H,6-11H2,1-5H3. The monoisotopic (exact) mass is 267 g/mol. The molecule has 1 aliphatic heterocycles. The van der Waals surface area contributed by atoms with E-state index in [1.54, 1.807) is 0 Å². The lowest BCUT2D eigenvalue weighted by atomic mass is 9.79. The Morgan fingerprint density at radius 2 is 1.74 bits per heavy atom. The van der Waals surface area contributed by atoms with Crippen LogP contribution in [0.15, 0.2) is 0 Å². The molecule has 112 valence electrons. The number of piperazine rings is 1. The molecule has 2 rings (SSSR count). The second-order valence-corrected chi connectivity index (χ2v) is 6.87. The minimum atomic E-state index is 0.684. The summed E-state index contributed by atoms with van der Waals surface area (Å²) in [6, 6.07) is 2.82. The van der Waals surface area contributed by atoms with Gasteiger partial charge < -0.3 is 5.32 Å². The molecule has 1 saturated heterocycles. The average Bonchev–Trinajstić information content (AvgIpc) is 2.43. The molecule has 1 aliphatic carbocycles. The molecule has 5 unspecified atom stereocenters. The first-order chi connectivity index (χ1) is 9.06. The van der Waals surface area contributed by atoms with Crippen LogP contribution in [-0.2, 0) is 0 Å². The summed E-state index contributed by atoms with van der Waals surface area (Å²) in [7, 11) is 4.42. The van der Waals surface area contributed by atoms with Gasteiger partial charge in [0, 0.05) is 37.3 Å². The lowest BCUT2D eigenvalue weighted by Gasteiger charge is -2.49. The van der Waals surface area contributed by atoms with E-state index in [1.807, 2.05) is 0 Å². The topological polar surface area (TPSA) is 18.5 Å². The Morgan fingerprint density at radius 3 is 2.26 bits per heavy atom. The normalized spacial score (nSPS) is 42.5. The van der Waals surface area contributed by atoms with Gasteiger partial charge in [-0.2, -0.15) is 0 Å². The molecule has 5 atom stereocenters. The first kappa shape index (κ1) is 15.3. The van der Waals surface area contributed by atoms with Crippen LogP contribution in [0.4, 0.5) is 0 Å². The highest BCUT2D eigenvalue weighted by atomic mass is 15.3. The van der Waals surface area contributed by atoms with Crippen molar-refractivity contribution in [3.05, 3.63) is 0 Å². The van der Waals surface area contributed by atoms with Crippen LogP contribution in [0.3, 0.4) is 0 Å². The van der Waals surface area contributed by atoms with Gasteiger partial charge in [-0.25, -0.2) is 0 Å². The average molecular weight is 267 g/mol. The maximum Gasteiger partial charge on any atom is 0.0253 e. The van der Waals surface area contributed by atoms with E-state index in [9.17, 15) is 0 Å². The Bertz CT molecular complexity index is 269. The third kappa shape index (κ3) is 3.32. The molecule has 0 aromatic heterocycles. The van der Waals surface area contributed by atoms with Gasteiger partial charge in [0.15, 0.2) is 0 Å². The highest BCUT2D eigenvalue weighted by molar-refractivity contribution is 4.94. The van der Waals surface area contributed by atoms with Gasteiger partial charge in [-0.15, -0.1) is 0 Å². The molecule has 2 aliphatic rings. The zero-order valence-corrected chi connectivity index (χ0v) is 13.5. The number of nitrogens with zero attached hydrogens (tertiary/aromatic N) is 2. The van der Waals surface area contributed by atoms with Crippen molar-refractivity contribution in [3.8, 4) is 0 Å². The van der Waals surface area contributed by atoms with Gasteiger partial charge in [-0.1, -0.05) is 13.3 Å². The quantitative estimate of drug-likeness (QED) is 0.845. The summed E-state index contributed by atoms with van der Waals surface area (Å²) in [4.78, 5) is 5.31. The molecule has 3 nitrogen and oxygen atoms in total. The minimum absolute atomic E-state index is 0.684. The number of hydrogen-bond acceptors (Lipinski definition) is 3. The molecule has 0 aromatic rings. The number of hydrogen-bond donors (Lipinski definition) is 1. The first-order valence-electron chi connectivity index (χ1n) is 8.20. The van der Waals surface area contributed by atoms with Gasteiger partial charge >= 0.3 is 0 Å². The summed E-state index contributed by atoms with van der Waals surface area (Å²) in [5.74, 6) is 0.944. The molecule has 1 N–H and O–H groups in total. The molecule has 1 saturated carbocycles. The third-order valence-corrected chi connectivity index (χ3v) is 5.73. The summed E-state index contributed by atoms with van der Waals surface area (Å²) in [5.41, 5.74) is 0. The van der Waals surface area contributed by atoms with Gasteiger partial charge in [0.05, 0.1) is 0 Å². The Kier molecular flexibility index (Phi) is 5.27. The zero-order valence-electron chi connectivity index (χ0n) is 13.5. The fourth-order valence-electron chi connectivity index (χ4n) is 4.06. The molecule has 0 bridgehead atoms. The molecule has 0 amide bonds. The van der Waals surface area contributed by atoms with E-state index in [-0.39, 0.29) is 0 Å². The van der Waals surface area contributed by atoms with E-state index >= 15 is 0 Å². The van der Waals surface area contributed by atoms with Crippen molar-refractivity contribution in [2.24, 2.45) is 5.92 Å². The van der Waals surface area contributed by atoms with Crippen LogP contribution in [0, 0.1) is 5.92 Å². The molecule has 1 heterocycles. The van der Waals surface area contributed by atoms with E-state index in [1.165, 1.54) is 38.8 Å². The van der Waals surface area contributed by atoms with Crippen LogP contribution >= 0.6 is 0 Å². The SMILES string of the molecule is CCC1CCC(NC)C(N2CC(C)N(C)C(C)C2)C1. The lowest BCUT2D eigenvalue weighted by molar-refractivity contribution is 0.00472. The highest BCUT2D eigenvalue weighted by Crippen LogP contribution is 2.31. The van der Waals surface area contributed by atoms with E-state index < -0.39 is 0 Å². The Morgan fingerprint density at radius 1 is 1.11 bits per heavy atom. The van der Waals surface area contributed by atoms with E-state index in [4.69, 9.17) is 0 Å². The van der Waals surface area contributed by atoms with Crippen LogP contribution in [0.25, 0.3) is 0 Å². The summed E-state index contributed by atoms with van der Waals surface area (Å²) in [6.07, 6.45) is 5.52. The Labute approximate surface area is 119 Å². The van der Waals surface area contributed by atoms with Crippen LogP contribution in [-0.4, -0.2) is 61.2 Å². The molecule has 19 heavy (non-hydrogen) atoms. The smallest absolute Gasteiger partial charge is 0.0253 e. The second kappa shape index (κ2) is 6.55. The van der Waals surface area contributed by atoms with Crippen molar-refractivity contribution in [2.75, 3.05) is 27.2 Å². The van der Waals surface area contributed by atoms with Crippen LogP contribution in [0.2, 0.25) is 0 Å².